The molecule has 8 nitrogen and oxygen atoms in total. The third-order valence-electron chi connectivity index (χ3n) is 5.08. The van der Waals surface area contributed by atoms with Gasteiger partial charge in [-0.05, 0) is 6.42 Å². The van der Waals surface area contributed by atoms with E-state index in [-0.39, 0.29) is 95.3 Å². The summed E-state index contributed by atoms with van der Waals surface area (Å²) >= 11 is 0. The molecule has 0 unspecified atom stereocenters. The van der Waals surface area contributed by atoms with Gasteiger partial charge in [0, 0.05) is 10.4 Å². The van der Waals surface area contributed by atoms with Gasteiger partial charge < -0.3 is 16.0 Å². The van der Waals surface area contributed by atoms with Gasteiger partial charge in [-0.1, -0.05) is 129 Å². The van der Waals surface area contributed by atoms with Crippen LogP contribution in [0.3, 0.4) is 0 Å². The molecule has 0 rings (SSSR count). The van der Waals surface area contributed by atoms with Crippen molar-refractivity contribution in [1.29, 1.82) is 0 Å². The number of unbranched alkanes of at least 4 members (excludes halogenated alkanes) is 18. The summed E-state index contributed by atoms with van der Waals surface area (Å²) < 4.78 is 67.1. The summed E-state index contributed by atoms with van der Waals surface area (Å²) in [6.45, 7) is 8.43. The fraction of sp³-hybridized carbons (Fsp3) is 0.958. The van der Waals surface area contributed by atoms with Crippen LogP contribution < -0.4 is 88.7 Å². The van der Waals surface area contributed by atoms with Crippen LogP contribution in [0.5, 0.6) is 0 Å². The van der Waals surface area contributed by atoms with Gasteiger partial charge in [-0.15, -0.1) is 0 Å². The van der Waals surface area contributed by atoms with Crippen LogP contribution in [0.4, 0.5) is 0 Å². The van der Waals surface area contributed by atoms with Crippen molar-refractivity contribution in [3.8, 4) is 0 Å². The van der Waals surface area contributed by atoms with Gasteiger partial charge in [-0.25, -0.2) is 4.18 Å². The molecule has 0 atom stereocenters. The summed E-state index contributed by atoms with van der Waals surface area (Å²) in [7, 11) is -9.40. The molecule has 0 fully saturated rings. The smallest absolute Gasteiger partial charge is 0.759 e. The van der Waals surface area contributed by atoms with E-state index in [2.05, 4.69) is 25.0 Å². The molecule has 0 aromatic carbocycles. The molecule has 0 aliphatic rings. The minimum atomic E-state index is -5.17. The quantitative estimate of drug-likeness (QED) is 0.0532. The fourth-order valence-corrected chi connectivity index (χ4v) is 3.57. The molecule has 0 saturated heterocycles. The zero-order valence-electron chi connectivity index (χ0n) is 24.7. The zero-order valence-corrected chi connectivity index (χ0v) is 32.3. The van der Waals surface area contributed by atoms with Gasteiger partial charge in [-0.3, -0.25) is 13.0 Å². The Balaban J connectivity index is -0.000000106. The largest absolute Gasteiger partial charge is 1.00 e. The Hall–Kier alpha value is 2.74. The molecule has 0 saturated carbocycles. The fourth-order valence-electron chi connectivity index (χ4n) is 3.24. The van der Waals surface area contributed by atoms with Crippen LogP contribution in [0.15, 0.2) is 0 Å². The normalized spacial score (nSPS) is 10.4. The third kappa shape index (κ3) is 78.9. The van der Waals surface area contributed by atoms with Crippen molar-refractivity contribution in [2.75, 3.05) is 6.61 Å². The van der Waals surface area contributed by atoms with Gasteiger partial charge in [0.25, 0.3) is 0 Å². The van der Waals surface area contributed by atoms with Crippen molar-refractivity contribution in [1.82, 2.24) is 0 Å². The van der Waals surface area contributed by atoms with Gasteiger partial charge in [0.2, 0.25) is 0 Å². The average Bonchev–Trinajstić information content (AvgIpc) is 2.72. The summed E-state index contributed by atoms with van der Waals surface area (Å²) in [6.07, 6.45) is 25.7. The second kappa shape index (κ2) is 40.9. The summed E-state index contributed by atoms with van der Waals surface area (Å²) in [5.41, 5.74) is 0. The van der Waals surface area contributed by atoms with E-state index in [1.54, 1.807) is 0 Å². The molecule has 37 heavy (non-hydrogen) atoms. The molecule has 0 aliphatic heterocycles. The Morgan fingerprint density at radius 1 is 0.568 bits per heavy atom. The molecule has 0 aromatic heterocycles. The summed E-state index contributed by atoms with van der Waals surface area (Å²) in [5.74, 6) is 0. The Kier molecular flexibility index (Phi) is 57.9. The zero-order chi connectivity index (χ0) is 26.6. The standard InChI is InChI=1S/C12H26O4S.C12H25.3Na.H2O4S/c1-2-3-4-5-6-7-8-9-10-11-12-16-17(13,14)15;1-3-5-7-9-11-12-10-8-6-4-2;;;;1-5(2,3)4/h2-12H2,1H3,(H,13,14,15);1,3-12H2,2H3;;;;(H2,1,2,3,4)/q;-1;3*+1;/p-2. The average molecular weight is 601 g/mol. The minimum absolute atomic E-state index is 0. The molecule has 1 N–H and O–H groups in total. The first kappa shape index (κ1) is 52.4. The maximum absolute atomic E-state index is 10.2. The predicted octanol–water partition coefficient (Wildman–Crippen LogP) is -1.86. The molecular formula is C24H51Na3O8S2. The van der Waals surface area contributed by atoms with Crippen LogP contribution >= 0.6 is 0 Å². The molecular weight excluding hydrogens is 549 g/mol. The topological polar surface area (TPSA) is 144 Å². The second-order valence-electron chi connectivity index (χ2n) is 8.52. The monoisotopic (exact) mass is 600 g/mol. The number of hydrogen-bond acceptors (Lipinski definition) is 7. The van der Waals surface area contributed by atoms with E-state index in [0.717, 1.165) is 19.3 Å². The Morgan fingerprint density at radius 3 is 1.05 bits per heavy atom. The van der Waals surface area contributed by atoms with E-state index in [1.165, 1.54) is 103 Å². The first-order chi connectivity index (χ1) is 16.0. The maximum Gasteiger partial charge on any atom is 1.00 e. The van der Waals surface area contributed by atoms with E-state index in [9.17, 15) is 8.42 Å². The van der Waals surface area contributed by atoms with Crippen LogP contribution in [0.1, 0.15) is 142 Å². The molecule has 0 amide bonds. The number of hydrogen-bond donors (Lipinski definition) is 1. The van der Waals surface area contributed by atoms with Gasteiger partial charge in [-0.2, -0.15) is 14.8 Å². The molecule has 0 radical (unpaired) electrons. The van der Waals surface area contributed by atoms with Crippen molar-refractivity contribution in [3.05, 3.63) is 6.92 Å². The molecule has 210 valence electrons. The van der Waals surface area contributed by atoms with E-state index in [4.69, 9.17) is 22.1 Å². The van der Waals surface area contributed by atoms with E-state index in [1.807, 2.05) is 0 Å². The molecule has 0 bridgehead atoms. The first-order valence-electron chi connectivity index (χ1n) is 13.1. The third-order valence-corrected chi connectivity index (χ3v) is 5.55. The summed E-state index contributed by atoms with van der Waals surface area (Å²) in [4.78, 5) is 0. The van der Waals surface area contributed by atoms with Gasteiger partial charge in [0.05, 0.1) is 6.61 Å². The van der Waals surface area contributed by atoms with Crippen molar-refractivity contribution in [2.45, 2.75) is 142 Å². The Labute approximate surface area is 296 Å². The molecule has 0 spiro atoms. The van der Waals surface area contributed by atoms with E-state index in [0.29, 0.717) is 6.42 Å². The summed E-state index contributed by atoms with van der Waals surface area (Å²) in [6, 6.07) is 0. The van der Waals surface area contributed by atoms with E-state index >= 15 is 0 Å². The SMILES string of the molecule is CCCCCCCCCCCCOS(=O)(=O)O.O=S(=O)([O-])[O-].[CH2-]CCCCCCCCCCC.[Na+].[Na+].[Na+]. The van der Waals surface area contributed by atoms with Gasteiger partial charge >= 0.3 is 99.1 Å². The van der Waals surface area contributed by atoms with Crippen molar-refractivity contribution in [3.63, 3.8) is 0 Å². The van der Waals surface area contributed by atoms with Crippen molar-refractivity contribution < 1.29 is 123 Å². The van der Waals surface area contributed by atoms with Crippen molar-refractivity contribution in [2.24, 2.45) is 0 Å². The van der Waals surface area contributed by atoms with Gasteiger partial charge in [0.1, 0.15) is 0 Å². The predicted molar refractivity (Wildman–Crippen MR) is 137 cm³/mol. The molecule has 0 aliphatic carbocycles. The van der Waals surface area contributed by atoms with Crippen LogP contribution in [-0.4, -0.2) is 37.1 Å². The minimum Gasteiger partial charge on any atom is -0.759 e. The second-order valence-corrected chi connectivity index (χ2v) is 10.4. The first-order valence-corrected chi connectivity index (χ1v) is 15.8. The van der Waals surface area contributed by atoms with Crippen molar-refractivity contribution >= 4 is 20.8 Å². The molecule has 13 heteroatoms. The van der Waals surface area contributed by atoms with Crippen LogP contribution in [0.2, 0.25) is 0 Å². The molecule has 0 aromatic rings. The Bertz CT molecular complexity index is 575. The molecule has 0 heterocycles. The maximum atomic E-state index is 10.2. The van der Waals surface area contributed by atoms with Crippen LogP contribution in [0, 0.1) is 6.92 Å². The Morgan fingerprint density at radius 2 is 0.811 bits per heavy atom. The summed E-state index contributed by atoms with van der Waals surface area (Å²) in [5, 5.41) is 0. The van der Waals surface area contributed by atoms with E-state index < -0.39 is 20.8 Å². The van der Waals surface area contributed by atoms with Crippen LogP contribution in [-0.2, 0) is 25.0 Å². The van der Waals surface area contributed by atoms with Gasteiger partial charge in [0.15, 0.2) is 0 Å². The van der Waals surface area contributed by atoms with Crippen LogP contribution in [0.25, 0.3) is 0 Å². The number of rotatable bonds is 21.